The number of phenols is 2. The number of hydrogen-bond donors (Lipinski definition) is 3. The summed E-state index contributed by atoms with van der Waals surface area (Å²) in [6.07, 6.45) is 0.913. The Morgan fingerprint density at radius 1 is 0.844 bits per heavy atom. The van der Waals surface area contributed by atoms with E-state index < -0.39 is 33.1 Å². The second-order valence-corrected chi connectivity index (χ2v) is 8.37. The van der Waals surface area contributed by atoms with Crippen molar-refractivity contribution in [2.45, 2.75) is 0 Å². The molecule has 0 spiro atoms. The second-order valence-electron chi connectivity index (χ2n) is 6.86. The minimum atomic E-state index is -4.48. The Hall–Kier alpha value is -4.24. The molecule has 0 unspecified atom stereocenters. The Balaban J connectivity index is 1.66. The number of allylic oxidation sites excluding steroid dienone is 1. The summed E-state index contributed by atoms with van der Waals surface area (Å²) in [4.78, 5) is 24.4. The summed E-state index contributed by atoms with van der Waals surface area (Å²) in [6, 6.07) is 15.1. The summed E-state index contributed by atoms with van der Waals surface area (Å²) in [5, 5.41) is 27.9. The maximum absolute atomic E-state index is 12.9. The maximum Gasteiger partial charge on any atom is 0.339 e. The summed E-state index contributed by atoms with van der Waals surface area (Å²) in [5.74, 6) is -2.36. The molecule has 4 rings (SSSR count). The van der Waals surface area contributed by atoms with Gasteiger partial charge >= 0.3 is 10.1 Å². The molecule has 0 atom stereocenters. The van der Waals surface area contributed by atoms with E-state index in [0.717, 1.165) is 12.1 Å². The zero-order valence-corrected chi connectivity index (χ0v) is 17.1. The number of para-hydroxylation sites is 1. The summed E-state index contributed by atoms with van der Waals surface area (Å²) in [5.41, 5.74) is -0.530. The number of aromatic hydroxyl groups is 2. The summed E-state index contributed by atoms with van der Waals surface area (Å²) < 4.78 is 30.9. The van der Waals surface area contributed by atoms with E-state index in [-0.39, 0.29) is 38.7 Å². The highest BCUT2D eigenvalue weighted by Crippen LogP contribution is 2.33. The predicted octanol–water partition coefficient (Wildman–Crippen LogP) is 3.29. The van der Waals surface area contributed by atoms with Crippen molar-refractivity contribution in [3.8, 4) is 17.2 Å². The Bertz CT molecular complexity index is 1440. The monoisotopic (exact) mass is 449 g/mol. The van der Waals surface area contributed by atoms with E-state index in [2.05, 4.69) is 0 Å². The zero-order valence-electron chi connectivity index (χ0n) is 16.3. The van der Waals surface area contributed by atoms with Crippen molar-refractivity contribution in [3.05, 3.63) is 95.1 Å². The molecule has 3 aromatic carbocycles. The van der Waals surface area contributed by atoms with E-state index in [1.807, 2.05) is 0 Å². The number of rotatable bonds is 5. The summed E-state index contributed by atoms with van der Waals surface area (Å²) in [6.45, 7) is 0. The van der Waals surface area contributed by atoms with Crippen LogP contribution in [0.2, 0.25) is 0 Å². The molecular weight excluding hydrogens is 434 g/mol. The quantitative estimate of drug-likeness (QED) is 0.401. The fourth-order valence-electron chi connectivity index (χ4n) is 3.26. The maximum atomic E-state index is 12.9. The fourth-order valence-corrected chi connectivity index (χ4v) is 4.42. The zero-order chi connectivity index (χ0) is 23.0. The van der Waals surface area contributed by atoms with Gasteiger partial charge in [0.2, 0.25) is 5.78 Å². The van der Waals surface area contributed by atoms with Crippen LogP contribution in [0.4, 0.5) is 0 Å². The number of phenolic OH excluding ortho intramolecular Hbond substituents is 2. The standard InChI is InChI=1S/C23H15NO7S/c24-18-12-21(14-5-1-2-6-15(14)23(18)28)32(29,30)31-13-9-10-17(20(26)11-13)22(27)16-7-3-4-8-19(16)25/h1-12,24-26H. The van der Waals surface area contributed by atoms with Crippen molar-refractivity contribution in [1.29, 1.82) is 5.41 Å². The SMILES string of the molecule is N=C1C=C(S(=O)(=O)Oc2ccc(C(=O)c3ccccc3O)c(O)c2)c2ccccc2C1=O. The molecule has 0 aromatic heterocycles. The number of carbonyl (C=O) groups excluding carboxylic acids is 2. The van der Waals surface area contributed by atoms with Gasteiger partial charge in [0.1, 0.15) is 27.9 Å². The van der Waals surface area contributed by atoms with Crippen LogP contribution in [0, 0.1) is 5.41 Å². The van der Waals surface area contributed by atoms with Crippen LogP contribution in [0.15, 0.2) is 72.8 Å². The molecule has 0 fully saturated rings. The average Bonchev–Trinajstić information content (AvgIpc) is 2.76. The predicted molar refractivity (Wildman–Crippen MR) is 116 cm³/mol. The highest BCUT2D eigenvalue weighted by atomic mass is 32.2. The first kappa shape index (κ1) is 21.0. The third-order valence-electron chi connectivity index (χ3n) is 4.79. The van der Waals surface area contributed by atoms with Gasteiger partial charge in [0, 0.05) is 17.2 Å². The first-order chi connectivity index (χ1) is 15.2. The van der Waals surface area contributed by atoms with Gasteiger partial charge in [-0.15, -0.1) is 0 Å². The van der Waals surface area contributed by atoms with Gasteiger partial charge in [-0.2, -0.15) is 8.42 Å². The number of carbonyl (C=O) groups is 2. The average molecular weight is 449 g/mol. The molecule has 0 heterocycles. The largest absolute Gasteiger partial charge is 0.507 e. The van der Waals surface area contributed by atoms with E-state index in [0.29, 0.717) is 0 Å². The molecule has 3 N–H and O–H groups in total. The Kier molecular flexibility index (Phi) is 5.11. The van der Waals surface area contributed by atoms with Gasteiger partial charge in [-0.3, -0.25) is 15.0 Å². The summed E-state index contributed by atoms with van der Waals surface area (Å²) in [7, 11) is -4.48. The van der Waals surface area contributed by atoms with Gasteiger partial charge < -0.3 is 14.4 Å². The highest BCUT2D eigenvalue weighted by molar-refractivity contribution is 7.96. The molecule has 1 aliphatic carbocycles. The fraction of sp³-hybridized carbons (Fsp3) is 0. The van der Waals surface area contributed by atoms with Crippen LogP contribution in [-0.4, -0.2) is 35.9 Å². The van der Waals surface area contributed by atoms with Crippen molar-refractivity contribution in [2.75, 3.05) is 0 Å². The van der Waals surface area contributed by atoms with Crippen molar-refractivity contribution >= 4 is 32.3 Å². The Morgan fingerprint density at radius 3 is 2.16 bits per heavy atom. The lowest BCUT2D eigenvalue weighted by atomic mass is 9.95. The topological polar surface area (TPSA) is 142 Å². The number of Topliss-reactive ketones (excluding diaryl/α,β-unsaturated/α-hetero) is 1. The lowest BCUT2D eigenvalue weighted by Crippen LogP contribution is -2.23. The van der Waals surface area contributed by atoms with Gasteiger partial charge in [0.15, 0.2) is 5.78 Å². The van der Waals surface area contributed by atoms with Gasteiger partial charge in [0.05, 0.1) is 11.1 Å². The minimum Gasteiger partial charge on any atom is -0.507 e. The van der Waals surface area contributed by atoms with E-state index in [1.165, 1.54) is 36.4 Å². The normalized spacial score (nSPS) is 13.3. The van der Waals surface area contributed by atoms with Crippen molar-refractivity contribution in [2.24, 2.45) is 0 Å². The lowest BCUT2D eigenvalue weighted by Gasteiger charge is -2.17. The van der Waals surface area contributed by atoms with E-state index in [4.69, 9.17) is 9.59 Å². The first-order valence-corrected chi connectivity index (χ1v) is 10.6. The van der Waals surface area contributed by atoms with Gasteiger partial charge in [-0.25, -0.2) is 0 Å². The molecule has 3 aromatic rings. The molecule has 0 radical (unpaired) electrons. The van der Waals surface area contributed by atoms with Crippen LogP contribution in [0.1, 0.15) is 31.8 Å². The Labute approximate surface area is 182 Å². The molecular formula is C23H15NO7S. The molecule has 9 heteroatoms. The lowest BCUT2D eigenvalue weighted by molar-refractivity contribution is 0.103. The second kappa shape index (κ2) is 7.78. The summed E-state index contributed by atoms with van der Waals surface area (Å²) >= 11 is 0. The van der Waals surface area contributed by atoms with Crippen LogP contribution in [0.5, 0.6) is 17.2 Å². The molecule has 0 aliphatic heterocycles. The number of ketones is 2. The van der Waals surface area contributed by atoms with Gasteiger partial charge in [-0.1, -0.05) is 36.4 Å². The highest BCUT2D eigenvalue weighted by Gasteiger charge is 2.32. The van der Waals surface area contributed by atoms with Crippen molar-refractivity contribution in [1.82, 2.24) is 0 Å². The molecule has 0 amide bonds. The third kappa shape index (κ3) is 3.65. The van der Waals surface area contributed by atoms with Crippen LogP contribution in [0.25, 0.3) is 4.91 Å². The van der Waals surface area contributed by atoms with Crippen molar-refractivity contribution in [3.63, 3.8) is 0 Å². The van der Waals surface area contributed by atoms with Gasteiger partial charge in [-0.05, 0) is 30.3 Å². The molecule has 0 bridgehead atoms. The van der Waals surface area contributed by atoms with Crippen LogP contribution in [-0.2, 0) is 10.1 Å². The third-order valence-corrected chi connectivity index (χ3v) is 6.08. The van der Waals surface area contributed by atoms with Crippen molar-refractivity contribution < 1.29 is 32.4 Å². The molecule has 8 nitrogen and oxygen atoms in total. The molecule has 32 heavy (non-hydrogen) atoms. The number of fused-ring (bicyclic) bond motifs is 1. The Morgan fingerprint density at radius 2 is 1.47 bits per heavy atom. The molecule has 0 saturated carbocycles. The van der Waals surface area contributed by atoms with Crippen LogP contribution in [0.3, 0.4) is 0 Å². The minimum absolute atomic E-state index is 0.0313. The number of hydrogen-bond acceptors (Lipinski definition) is 8. The van der Waals surface area contributed by atoms with Crippen LogP contribution < -0.4 is 4.18 Å². The number of benzene rings is 3. The first-order valence-electron chi connectivity index (χ1n) is 9.23. The van der Waals surface area contributed by atoms with E-state index in [9.17, 15) is 28.2 Å². The smallest absolute Gasteiger partial charge is 0.339 e. The van der Waals surface area contributed by atoms with E-state index in [1.54, 1.807) is 24.3 Å². The van der Waals surface area contributed by atoms with Gasteiger partial charge in [0.25, 0.3) is 0 Å². The van der Waals surface area contributed by atoms with E-state index >= 15 is 0 Å². The number of nitrogens with one attached hydrogen (secondary N) is 1. The molecule has 160 valence electrons. The van der Waals surface area contributed by atoms with Crippen LogP contribution >= 0.6 is 0 Å². The molecule has 1 aliphatic rings. The molecule has 0 saturated heterocycles.